The standard InChI is InChI=1S/C15H22N2O4S/c1-11-6-7-12(15(18)21-2)9-14(11)22(19,20)17-8-4-3-5-13(17)10-16/h6-7,9,13H,3-5,8,10,16H2,1-2H3. The number of hydrogen-bond acceptors (Lipinski definition) is 5. The number of ether oxygens (including phenoxy) is 1. The highest BCUT2D eigenvalue weighted by Gasteiger charge is 2.33. The molecule has 0 spiro atoms. The Hall–Kier alpha value is -1.44. The van der Waals surface area contributed by atoms with Crippen molar-refractivity contribution in [3.8, 4) is 0 Å². The first-order valence-electron chi connectivity index (χ1n) is 7.32. The van der Waals surface area contributed by atoms with Gasteiger partial charge in [0.05, 0.1) is 17.6 Å². The summed E-state index contributed by atoms with van der Waals surface area (Å²) >= 11 is 0. The van der Waals surface area contributed by atoms with Gasteiger partial charge in [0.25, 0.3) is 0 Å². The van der Waals surface area contributed by atoms with Gasteiger partial charge in [-0.15, -0.1) is 0 Å². The molecule has 0 saturated carbocycles. The number of carbonyl (C=O) groups excluding carboxylic acids is 1. The Kier molecular flexibility index (Phi) is 5.20. The molecule has 2 rings (SSSR count). The maximum Gasteiger partial charge on any atom is 0.337 e. The van der Waals surface area contributed by atoms with Gasteiger partial charge in [0.15, 0.2) is 0 Å². The highest BCUT2D eigenvalue weighted by Crippen LogP contribution is 2.27. The SMILES string of the molecule is COC(=O)c1ccc(C)c(S(=O)(=O)N2CCCCC2CN)c1. The molecule has 1 heterocycles. The summed E-state index contributed by atoms with van der Waals surface area (Å²) in [5.74, 6) is -0.550. The highest BCUT2D eigenvalue weighted by molar-refractivity contribution is 7.89. The van der Waals surface area contributed by atoms with Gasteiger partial charge in [-0.2, -0.15) is 4.31 Å². The molecule has 0 amide bonds. The number of sulfonamides is 1. The minimum atomic E-state index is -3.67. The Morgan fingerprint density at radius 3 is 2.77 bits per heavy atom. The van der Waals surface area contributed by atoms with E-state index in [0.29, 0.717) is 18.7 Å². The quantitative estimate of drug-likeness (QED) is 0.842. The van der Waals surface area contributed by atoms with Gasteiger partial charge in [-0.25, -0.2) is 13.2 Å². The van der Waals surface area contributed by atoms with Crippen LogP contribution >= 0.6 is 0 Å². The summed E-state index contributed by atoms with van der Waals surface area (Å²) in [6.07, 6.45) is 2.58. The summed E-state index contributed by atoms with van der Waals surface area (Å²) in [6.45, 7) is 2.48. The molecule has 6 nitrogen and oxygen atoms in total. The first-order valence-corrected chi connectivity index (χ1v) is 8.76. The number of rotatable bonds is 4. The van der Waals surface area contributed by atoms with E-state index in [4.69, 9.17) is 5.73 Å². The minimum Gasteiger partial charge on any atom is -0.465 e. The Balaban J connectivity index is 2.46. The van der Waals surface area contributed by atoms with Gasteiger partial charge < -0.3 is 10.5 Å². The minimum absolute atomic E-state index is 0.149. The number of nitrogens with two attached hydrogens (primary N) is 1. The van der Waals surface area contributed by atoms with E-state index in [9.17, 15) is 13.2 Å². The molecule has 22 heavy (non-hydrogen) atoms. The Labute approximate surface area is 131 Å². The van der Waals surface area contributed by atoms with Crippen molar-refractivity contribution >= 4 is 16.0 Å². The summed E-state index contributed by atoms with van der Waals surface area (Å²) in [5.41, 5.74) is 6.56. The molecule has 2 N–H and O–H groups in total. The molecule has 1 unspecified atom stereocenters. The van der Waals surface area contributed by atoms with Gasteiger partial charge in [0.2, 0.25) is 10.0 Å². The molecule has 0 radical (unpaired) electrons. The van der Waals surface area contributed by atoms with Crippen molar-refractivity contribution in [1.82, 2.24) is 4.31 Å². The van der Waals surface area contributed by atoms with Crippen LogP contribution in [0.4, 0.5) is 0 Å². The van der Waals surface area contributed by atoms with E-state index in [1.165, 1.54) is 17.5 Å². The Bertz CT molecular complexity index is 658. The second-order valence-corrected chi connectivity index (χ2v) is 7.33. The fraction of sp³-hybridized carbons (Fsp3) is 0.533. The van der Waals surface area contributed by atoms with Crippen molar-refractivity contribution in [2.75, 3.05) is 20.2 Å². The molecule has 1 atom stereocenters. The number of aryl methyl sites for hydroxylation is 1. The van der Waals surface area contributed by atoms with Crippen LogP contribution in [0, 0.1) is 6.92 Å². The average Bonchev–Trinajstić information content (AvgIpc) is 2.54. The largest absolute Gasteiger partial charge is 0.465 e. The Morgan fingerprint density at radius 1 is 1.41 bits per heavy atom. The van der Waals surface area contributed by atoms with Gasteiger partial charge in [-0.3, -0.25) is 0 Å². The molecule has 1 fully saturated rings. The summed E-state index contributed by atoms with van der Waals surface area (Å²) in [6, 6.07) is 4.40. The molecule has 1 saturated heterocycles. The third-order valence-electron chi connectivity index (χ3n) is 4.04. The summed E-state index contributed by atoms with van der Waals surface area (Å²) < 4.78 is 32.1. The fourth-order valence-electron chi connectivity index (χ4n) is 2.78. The van der Waals surface area contributed by atoms with Crippen LogP contribution in [0.25, 0.3) is 0 Å². The van der Waals surface area contributed by atoms with E-state index < -0.39 is 16.0 Å². The monoisotopic (exact) mass is 326 g/mol. The number of piperidine rings is 1. The average molecular weight is 326 g/mol. The van der Waals surface area contributed by atoms with Crippen LogP contribution in [-0.2, 0) is 14.8 Å². The molecule has 1 aromatic rings. The molecule has 0 aromatic heterocycles. The number of hydrogen-bond donors (Lipinski definition) is 1. The van der Waals surface area contributed by atoms with Gasteiger partial charge >= 0.3 is 5.97 Å². The van der Waals surface area contributed by atoms with Crippen LogP contribution in [0.15, 0.2) is 23.1 Å². The molecular formula is C15H22N2O4S. The zero-order valence-electron chi connectivity index (χ0n) is 12.9. The lowest BCUT2D eigenvalue weighted by atomic mass is 10.1. The van der Waals surface area contributed by atoms with Crippen LogP contribution < -0.4 is 5.73 Å². The maximum atomic E-state index is 13.0. The van der Waals surface area contributed by atoms with Crippen LogP contribution in [0.5, 0.6) is 0 Å². The third-order valence-corrected chi connectivity index (χ3v) is 6.13. The van der Waals surface area contributed by atoms with Crippen LogP contribution in [0.1, 0.15) is 35.2 Å². The molecule has 1 aliphatic rings. The summed E-state index contributed by atoms with van der Waals surface area (Å²) in [4.78, 5) is 11.8. The lowest BCUT2D eigenvalue weighted by Gasteiger charge is -2.34. The van der Waals surface area contributed by atoms with Gasteiger partial charge in [-0.05, 0) is 37.5 Å². The molecule has 1 aromatic carbocycles. The van der Waals surface area contributed by atoms with E-state index >= 15 is 0 Å². The first kappa shape index (κ1) is 16.9. The zero-order valence-corrected chi connectivity index (χ0v) is 13.7. The van der Waals surface area contributed by atoms with Crippen molar-refractivity contribution < 1.29 is 17.9 Å². The number of carbonyl (C=O) groups is 1. The van der Waals surface area contributed by atoms with Crippen LogP contribution in [-0.4, -0.2) is 44.9 Å². The third kappa shape index (κ3) is 3.16. The number of esters is 1. The van der Waals surface area contributed by atoms with Gasteiger partial charge in [0.1, 0.15) is 0 Å². The van der Waals surface area contributed by atoms with Crippen LogP contribution in [0.3, 0.4) is 0 Å². The lowest BCUT2D eigenvalue weighted by molar-refractivity contribution is 0.0600. The predicted molar refractivity (Wildman–Crippen MR) is 83.1 cm³/mol. The topological polar surface area (TPSA) is 89.7 Å². The predicted octanol–water partition coefficient (Wildman–Crippen LogP) is 1.28. The van der Waals surface area contributed by atoms with E-state index in [1.807, 2.05) is 0 Å². The molecule has 1 aliphatic heterocycles. The first-order chi connectivity index (χ1) is 10.4. The van der Waals surface area contributed by atoms with Crippen LogP contribution in [0.2, 0.25) is 0 Å². The van der Waals surface area contributed by atoms with E-state index in [-0.39, 0.29) is 16.5 Å². The van der Waals surface area contributed by atoms with Crippen molar-refractivity contribution in [2.24, 2.45) is 5.73 Å². The van der Waals surface area contributed by atoms with E-state index in [0.717, 1.165) is 19.3 Å². The molecule has 122 valence electrons. The van der Waals surface area contributed by atoms with E-state index in [1.54, 1.807) is 19.1 Å². The second kappa shape index (κ2) is 6.76. The molecule has 7 heteroatoms. The lowest BCUT2D eigenvalue weighted by Crippen LogP contribution is -2.47. The van der Waals surface area contributed by atoms with Gasteiger partial charge in [-0.1, -0.05) is 12.5 Å². The van der Waals surface area contributed by atoms with Crippen molar-refractivity contribution in [3.05, 3.63) is 29.3 Å². The van der Waals surface area contributed by atoms with Crippen molar-refractivity contribution in [2.45, 2.75) is 37.1 Å². The van der Waals surface area contributed by atoms with Gasteiger partial charge in [0, 0.05) is 19.1 Å². The van der Waals surface area contributed by atoms with Crippen molar-refractivity contribution in [1.29, 1.82) is 0 Å². The number of nitrogens with zero attached hydrogens (tertiary/aromatic N) is 1. The highest BCUT2D eigenvalue weighted by atomic mass is 32.2. The fourth-order valence-corrected chi connectivity index (χ4v) is 4.73. The summed E-state index contributed by atoms with van der Waals surface area (Å²) in [5, 5.41) is 0. The summed E-state index contributed by atoms with van der Waals surface area (Å²) in [7, 11) is -2.40. The maximum absolute atomic E-state index is 13.0. The van der Waals surface area contributed by atoms with E-state index in [2.05, 4.69) is 4.74 Å². The Morgan fingerprint density at radius 2 is 2.14 bits per heavy atom. The second-order valence-electron chi connectivity index (χ2n) is 5.47. The normalized spacial score (nSPS) is 19.9. The zero-order chi connectivity index (χ0) is 16.3. The molecule has 0 aliphatic carbocycles. The number of methoxy groups -OCH3 is 1. The smallest absolute Gasteiger partial charge is 0.337 e. The van der Waals surface area contributed by atoms with Crippen molar-refractivity contribution in [3.63, 3.8) is 0 Å². The molecular weight excluding hydrogens is 304 g/mol. The molecule has 0 bridgehead atoms. The number of benzene rings is 1.